The zero-order valence-corrected chi connectivity index (χ0v) is 14.5. The second-order valence-corrected chi connectivity index (χ2v) is 6.59. The molecule has 0 saturated carbocycles. The molecule has 148 valence electrons. The van der Waals surface area contributed by atoms with Crippen LogP contribution in [-0.4, -0.2) is 74.1 Å². The minimum absolute atomic E-state index is 0.338. The van der Waals surface area contributed by atoms with E-state index in [1.54, 1.807) is 25.4 Å². The van der Waals surface area contributed by atoms with Crippen molar-refractivity contribution in [3.05, 3.63) is 34.5 Å². The van der Waals surface area contributed by atoms with Gasteiger partial charge in [0.05, 0.1) is 23.1 Å². The van der Waals surface area contributed by atoms with Crippen LogP contribution in [0.4, 0.5) is 0 Å². The lowest BCUT2D eigenvalue weighted by Crippen LogP contribution is -2.60. The van der Waals surface area contributed by atoms with E-state index in [2.05, 4.69) is 10.3 Å². The average Bonchev–Trinajstić information content (AvgIpc) is 2.67. The van der Waals surface area contributed by atoms with E-state index in [0.717, 1.165) is 0 Å². The SMILES string of the molecule is CN(N=O)C1CCC(O[C@H]2O[C@H](C(=O)O)[C@@H](O)[C@H](O)[C@H]2O)c2cccnc21. The number of aliphatic hydroxyl groups is 3. The van der Waals surface area contributed by atoms with Gasteiger partial charge in [0.15, 0.2) is 12.4 Å². The van der Waals surface area contributed by atoms with Crippen LogP contribution >= 0.6 is 0 Å². The van der Waals surface area contributed by atoms with Crippen LogP contribution < -0.4 is 0 Å². The minimum Gasteiger partial charge on any atom is -0.479 e. The highest BCUT2D eigenvalue weighted by molar-refractivity contribution is 5.73. The fourth-order valence-electron chi connectivity index (χ4n) is 3.47. The number of aliphatic hydroxyl groups excluding tert-OH is 3. The summed E-state index contributed by atoms with van der Waals surface area (Å²) in [6.45, 7) is 0. The van der Waals surface area contributed by atoms with Crippen LogP contribution in [0, 0.1) is 4.91 Å². The molecule has 2 heterocycles. The van der Waals surface area contributed by atoms with E-state index in [4.69, 9.17) is 14.6 Å². The first-order chi connectivity index (χ1) is 12.8. The summed E-state index contributed by atoms with van der Waals surface area (Å²) in [6, 6.07) is 3.09. The van der Waals surface area contributed by atoms with Crippen molar-refractivity contribution < 1.29 is 34.7 Å². The molecule has 0 amide bonds. The largest absolute Gasteiger partial charge is 0.479 e. The van der Waals surface area contributed by atoms with Crippen molar-refractivity contribution >= 4 is 5.97 Å². The molecule has 7 atom stereocenters. The molecule has 2 unspecified atom stereocenters. The van der Waals surface area contributed by atoms with Gasteiger partial charge in [0.25, 0.3) is 0 Å². The molecule has 11 heteroatoms. The van der Waals surface area contributed by atoms with Crippen molar-refractivity contribution in [3.8, 4) is 0 Å². The number of aromatic nitrogens is 1. The zero-order chi connectivity index (χ0) is 19.7. The van der Waals surface area contributed by atoms with E-state index in [1.165, 1.54) is 5.01 Å². The first kappa shape index (κ1) is 19.6. The number of carboxylic acids is 1. The van der Waals surface area contributed by atoms with E-state index in [0.29, 0.717) is 24.1 Å². The molecule has 27 heavy (non-hydrogen) atoms. The maximum atomic E-state index is 11.2. The average molecular weight is 383 g/mol. The quantitative estimate of drug-likeness (QED) is 0.384. The predicted octanol–water partition coefficient (Wildman–Crippen LogP) is -0.520. The molecular formula is C16H21N3O8. The summed E-state index contributed by atoms with van der Waals surface area (Å²) in [7, 11) is 1.54. The van der Waals surface area contributed by atoms with Crippen molar-refractivity contribution in [3.63, 3.8) is 0 Å². The lowest BCUT2D eigenvalue weighted by atomic mass is 9.89. The van der Waals surface area contributed by atoms with Crippen molar-refractivity contribution in [1.29, 1.82) is 0 Å². The van der Waals surface area contributed by atoms with Gasteiger partial charge in [-0.3, -0.25) is 9.99 Å². The van der Waals surface area contributed by atoms with Crippen molar-refractivity contribution in [2.24, 2.45) is 5.29 Å². The number of aliphatic carboxylic acids is 1. The third kappa shape index (κ3) is 3.64. The van der Waals surface area contributed by atoms with Crippen LogP contribution in [-0.2, 0) is 14.3 Å². The number of nitroso groups, excluding NO2 is 1. The van der Waals surface area contributed by atoms with Crippen LogP contribution in [0.3, 0.4) is 0 Å². The number of hydrogen-bond acceptors (Lipinski definition) is 9. The second kappa shape index (κ2) is 7.82. The first-order valence-electron chi connectivity index (χ1n) is 8.44. The molecule has 4 N–H and O–H groups in total. The molecule has 3 rings (SSSR count). The van der Waals surface area contributed by atoms with Gasteiger partial charge in [0.2, 0.25) is 0 Å². The molecule has 1 aliphatic heterocycles. The lowest BCUT2D eigenvalue weighted by Gasteiger charge is -2.41. The van der Waals surface area contributed by atoms with Crippen LogP contribution in [0.2, 0.25) is 0 Å². The summed E-state index contributed by atoms with van der Waals surface area (Å²) >= 11 is 0. The Bertz CT molecular complexity index is 704. The number of fused-ring (bicyclic) bond motifs is 1. The topological polar surface area (TPSA) is 162 Å². The molecular weight excluding hydrogens is 362 g/mol. The summed E-state index contributed by atoms with van der Waals surface area (Å²) in [4.78, 5) is 26.4. The standard InChI is InChI=1S/C16H21N3O8/c1-19(18-25)8-4-5-9(7-3-2-6-17-10(7)8)26-16-13(22)11(20)12(21)14(27-16)15(23)24/h2-3,6,8-9,11-14,16,20-22H,4-5H2,1H3,(H,23,24)/t8?,9?,11-,12-,13+,14-,16-/m0/s1. The zero-order valence-electron chi connectivity index (χ0n) is 14.5. The third-order valence-corrected chi connectivity index (χ3v) is 4.93. The van der Waals surface area contributed by atoms with Crippen LogP contribution in [0.25, 0.3) is 0 Å². The van der Waals surface area contributed by atoms with E-state index in [1.807, 2.05) is 0 Å². The Morgan fingerprint density at radius 1 is 1.30 bits per heavy atom. The minimum atomic E-state index is -1.78. The maximum absolute atomic E-state index is 11.2. The van der Waals surface area contributed by atoms with Crippen LogP contribution in [0.15, 0.2) is 23.6 Å². The molecule has 1 aromatic heterocycles. The van der Waals surface area contributed by atoms with Gasteiger partial charge < -0.3 is 29.9 Å². The number of ether oxygens (including phenoxy) is 2. The predicted molar refractivity (Wildman–Crippen MR) is 87.9 cm³/mol. The van der Waals surface area contributed by atoms with Gasteiger partial charge in [-0.25, -0.2) is 4.79 Å². The Morgan fingerprint density at radius 2 is 2.04 bits per heavy atom. The van der Waals surface area contributed by atoms with Crippen molar-refractivity contribution in [2.45, 2.75) is 55.7 Å². The summed E-state index contributed by atoms with van der Waals surface area (Å²) in [5.41, 5.74) is 1.23. The summed E-state index contributed by atoms with van der Waals surface area (Å²) in [5.74, 6) is -1.48. The van der Waals surface area contributed by atoms with E-state index < -0.39 is 42.8 Å². The molecule has 2 aliphatic rings. The third-order valence-electron chi connectivity index (χ3n) is 4.93. The van der Waals surface area contributed by atoms with Gasteiger partial charge in [-0.1, -0.05) is 6.07 Å². The van der Waals surface area contributed by atoms with Gasteiger partial charge in [0, 0.05) is 18.8 Å². The van der Waals surface area contributed by atoms with Gasteiger partial charge in [-0.15, -0.1) is 4.91 Å². The van der Waals surface area contributed by atoms with E-state index in [9.17, 15) is 25.0 Å². The van der Waals surface area contributed by atoms with Gasteiger partial charge in [-0.2, -0.15) is 0 Å². The second-order valence-electron chi connectivity index (χ2n) is 6.59. The molecule has 0 aromatic carbocycles. The Balaban J connectivity index is 1.82. The van der Waals surface area contributed by atoms with E-state index >= 15 is 0 Å². The fourth-order valence-corrected chi connectivity index (χ4v) is 3.47. The van der Waals surface area contributed by atoms with Crippen molar-refractivity contribution in [1.82, 2.24) is 9.99 Å². The summed E-state index contributed by atoms with van der Waals surface area (Å²) in [5, 5.41) is 43.1. The molecule has 1 aromatic rings. The van der Waals surface area contributed by atoms with Gasteiger partial charge >= 0.3 is 5.97 Å². The summed E-state index contributed by atoms with van der Waals surface area (Å²) < 4.78 is 10.9. The molecule has 1 aliphatic carbocycles. The van der Waals surface area contributed by atoms with Gasteiger partial charge in [0.1, 0.15) is 18.3 Å². The Morgan fingerprint density at radius 3 is 2.70 bits per heavy atom. The molecule has 0 bridgehead atoms. The van der Waals surface area contributed by atoms with Crippen LogP contribution in [0.1, 0.15) is 36.2 Å². The highest BCUT2D eigenvalue weighted by Gasteiger charge is 2.48. The molecule has 1 fully saturated rings. The molecule has 0 spiro atoms. The van der Waals surface area contributed by atoms with Crippen LogP contribution in [0.5, 0.6) is 0 Å². The lowest BCUT2D eigenvalue weighted by molar-refractivity contribution is -0.306. The fraction of sp³-hybridized carbons (Fsp3) is 0.625. The molecule has 1 saturated heterocycles. The first-order valence-corrected chi connectivity index (χ1v) is 8.44. The summed E-state index contributed by atoms with van der Waals surface area (Å²) in [6.07, 6.45) is -6.48. The number of hydrogen-bond donors (Lipinski definition) is 4. The number of rotatable bonds is 5. The smallest absolute Gasteiger partial charge is 0.335 e. The number of nitrogens with zero attached hydrogens (tertiary/aromatic N) is 3. The highest BCUT2D eigenvalue weighted by atomic mass is 16.7. The number of pyridine rings is 1. The number of carbonyl (C=O) groups is 1. The molecule has 11 nitrogen and oxygen atoms in total. The normalized spacial score (nSPS) is 35.9. The maximum Gasteiger partial charge on any atom is 0.335 e. The van der Waals surface area contributed by atoms with E-state index in [-0.39, 0.29) is 6.04 Å². The highest BCUT2D eigenvalue weighted by Crippen LogP contribution is 2.41. The molecule has 0 radical (unpaired) electrons. The Labute approximate surface area is 154 Å². The van der Waals surface area contributed by atoms with Gasteiger partial charge in [-0.05, 0) is 18.9 Å². The monoisotopic (exact) mass is 383 g/mol. The Kier molecular flexibility index (Phi) is 5.67. The number of carboxylic acid groups (broad SMARTS) is 1. The Hall–Kier alpha value is -2.18. The van der Waals surface area contributed by atoms with Crippen molar-refractivity contribution in [2.75, 3.05) is 7.05 Å².